The molecule has 1 N–H and O–H groups in total. The van der Waals surface area contributed by atoms with E-state index in [9.17, 15) is 4.79 Å². The van der Waals surface area contributed by atoms with Crippen molar-refractivity contribution in [2.24, 2.45) is 0 Å². The molecule has 0 spiro atoms. The van der Waals surface area contributed by atoms with E-state index in [4.69, 9.17) is 9.15 Å². The van der Waals surface area contributed by atoms with E-state index in [0.717, 1.165) is 16.5 Å². The number of nitrogens with zero attached hydrogens (tertiary/aromatic N) is 2. The molecule has 1 aromatic carbocycles. The van der Waals surface area contributed by atoms with Crippen molar-refractivity contribution in [2.75, 3.05) is 6.61 Å². The molecule has 0 amide bonds. The number of aromatic amines is 1. The first-order valence-electron chi connectivity index (χ1n) is 6.54. The number of hydrogen-bond donors (Lipinski definition) is 1. The van der Waals surface area contributed by atoms with Gasteiger partial charge in [0, 0.05) is 23.5 Å². The Bertz CT molecular complexity index is 811. The van der Waals surface area contributed by atoms with Crippen molar-refractivity contribution in [3.8, 4) is 11.5 Å². The number of hydrogen-bond acceptors (Lipinski definition) is 6. The van der Waals surface area contributed by atoms with E-state index in [0.29, 0.717) is 24.1 Å². The van der Waals surface area contributed by atoms with E-state index < -0.39 is 0 Å². The molecule has 3 heterocycles. The lowest BCUT2D eigenvalue weighted by molar-refractivity contribution is -0.137. The van der Waals surface area contributed by atoms with E-state index >= 15 is 0 Å². The number of aromatic nitrogens is 3. The summed E-state index contributed by atoms with van der Waals surface area (Å²) in [6.07, 6.45) is 2.52. The van der Waals surface area contributed by atoms with Crippen LogP contribution < -0.4 is 0 Å². The van der Waals surface area contributed by atoms with E-state index in [1.165, 1.54) is 11.8 Å². The van der Waals surface area contributed by atoms with Crippen molar-refractivity contribution < 1.29 is 13.9 Å². The monoisotopic (exact) mass is 301 g/mol. The van der Waals surface area contributed by atoms with Gasteiger partial charge < -0.3 is 14.1 Å². The molecule has 3 aromatic rings. The van der Waals surface area contributed by atoms with Crippen molar-refractivity contribution in [3.05, 3.63) is 30.5 Å². The second kappa shape index (κ2) is 4.92. The highest BCUT2D eigenvalue weighted by atomic mass is 32.2. The normalized spacial score (nSPS) is 18.3. The minimum atomic E-state index is -0.249. The highest BCUT2D eigenvalue weighted by Gasteiger charge is 2.29. The van der Waals surface area contributed by atoms with Crippen molar-refractivity contribution >= 4 is 28.6 Å². The van der Waals surface area contributed by atoms with Crippen LogP contribution in [0, 0.1) is 0 Å². The third-order valence-electron chi connectivity index (χ3n) is 3.36. The predicted octanol–water partition coefficient (Wildman–Crippen LogP) is 2.63. The molecule has 6 nitrogen and oxygen atoms in total. The van der Waals surface area contributed by atoms with Crippen molar-refractivity contribution in [1.82, 2.24) is 15.2 Å². The van der Waals surface area contributed by atoms with Gasteiger partial charge in [-0.05, 0) is 17.8 Å². The lowest BCUT2D eigenvalue weighted by Gasteiger charge is -1.98. The van der Waals surface area contributed by atoms with Crippen LogP contribution in [-0.4, -0.2) is 33.0 Å². The first kappa shape index (κ1) is 12.5. The zero-order chi connectivity index (χ0) is 14.2. The van der Waals surface area contributed by atoms with Gasteiger partial charge in [0.1, 0.15) is 5.25 Å². The number of benzene rings is 1. The van der Waals surface area contributed by atoms with Crippen LogP contribution in [0.3, 0.4) is 0 Å². The lowest BCUT2D eigenvalue weighted by atomic mass is 10.2. The zero-order valence-electron chi connectivity index (χ0n) is 10.9. The van der Waals surface area contributed by atoms with Crippen LogP contribution in [-0.2, 0) is 9.53 Å². The number of para-hydroxylation sites is 1. The van der Waals surface area contributed by atoms with Gasteiger partial charge >= 0.3 is 5.97 Å². The van der Waals surface area contributed by atoms with Gasteiger partial charge in [-0.2, -0.15) is 0 Å². The van der Waals surface area contributed by atoms with Gasteiger partial charge in [0.15, 0.2) is 0 Å². The quantitative estimate of drug-likeness (QED) is 0.749. The van der Waals surface area contributed by atoms with Gasteiger partial charge in [-0.3, -0.25) is 4.79 Å². The Kier molecular flexibility index (Phi) is 2.92. The number of ether oxygens (including phenoxy) is 1. The molecule has 1 fully saturated rings. The molecular weight excluding hydrogens is 290 g/mol. The zero-order valence-corrected chi connectivity index (χ0v) is 11.7. The molecule has 1 atom stereocenters. The third-order valence-corrected chi connectivity index (χ3v) is 4.44. The number of rotatable bonds is 3. The molecule has 106 valence electrons. The number of carbonyl (C=O) groups is 1. The van der Waals surface area contributed by atoms with Crippen LogP contribution >= 0.6 is 11.8 Å². The summed E-state index contributed by atoms with van der Waals surface area (Å²) in [7, 11) is 0. The van der Waals surface area contributed by atoms with Gasteiger partial charge in [-0.25, -0.2) is 0 Å². The summed E-state index contributed by atoms with van der Waals surface area (Å²) in [4.78, 5) is 14.6. The van der Waals surface area contributed by atoms with Crippen LogP contribution in [0.4, 0.5) is 0 Å². The second-order valence-electron chi connectivity index (χ2n) is 4.68. The number of esters is 1. The Balaban J connectivity index is 1.63. The first-order valence-corrected chi connectivity index (χ1v) is 7.42. The minimum absolute atomic E-state index is 0.216. The molecular formula is C14H11N3O3S. The number of carbonyl (C=O) groups excluding carboxylic acids is 1. The number of nitrogens with one attached hydrogen (secondary N) is 1. The lowest BCUT2D eigenvalue weighted by Crippen LogP contribution is -2.09. The average molecular weight is 301 g/mol. The predicted molar refractivity (Wildman–Crippen MR) is 76.8 cm³/mol. The second-order valence-corrected chi connectivity index (χ2v) is 5.84. The molecule has 1 aliphatic rings. The summed E-state index contributed by atoms with van der Waals surface area (Å²) in [5.74, 6) is 0.230. The van der Waals surface area contributed by atoms with Gasteiger partial charge in [0.25, 0.3) is 11.1 Å². The molecule has 4 rings (SSSR count). The van der Waals surface area contributed by atoms with Gasteiger partial charge in [-0.1, -0.05) is 18.2 Å². The summed E-state index contributed by atoms with van der Waals surface area (Å²) < 4.78 is 10.6. The largest absolute Gasteiger partial charge is 0.465 e. The molecule has 0 saturated carbocycles. The summed E-state index contributed by atoms with van der Waals surface area (Å²) in [5, 5.41) is 9.23. The molecule has 21 heavy (non-hydrogen) atoms. The van der Waals surface area contributed by atoms with Crippen LogP contribution in [0.1, 0.15) is 6.42 Å². The van der Waals surface area contributed by atoms with E-state index in [1.54, 1.807) is 0 Å². The number of thioether (sulfide) groups is 1. The summed E-state index contributed by atoms with van der Waals surface area (Å²) in [5.41, 5.74) is 1.87. The topological polar surface area (TPSA) is 81.0 Å². The maximum atomic E-state index is 11.5. The SMILES string of the molecule is O=C1OCCC1Sc1nnc(-c2c[nH]c3ccccc23)o1. The van der Waals surface area contributed by atoms with Crippen LogP contribution in [0.25, 0.3) is 22.4 Å². The highest BCUT2D eigenvalue weighted by molar-refractivity contribution is 8.00. The molecule has 0 aliphatic carbocycles. The molecule has 7 heteroatoms. The van der Waals surface area contributed by atoms with Crippen LogP contribution in [0.2, 0.25) is 0 Å². The average Bonchev–Trinajstić information content (AvgIpc) is 3.20. The standard InChI is InChI=1S/C14H11N3O3S/c18-13-11(5-6-19-13)21-14-17-16-12(20-14)9-7-15-10-4-2-1-3-8(9)10/h1-4,7,11,15H,5-6H2. The highest BCUT2D eigenvalue weighted by Crippen LogP contribution is 2.32. The fourth-order valence-electron chi connectivity index (χ4n) is 2.32. The van der Waals surface area contributed by atoms with Crippen molar-refractivity contribution in [2.45, 2.75) is 16.9 Å². The molecule has 0 radical (unpaired) electrons. The number of fused-ring (bicyclic) bond motifs is 1. The van der Waals surface area contributed by atoms with E-state index in [-0.39, 0.29) is 11.2 Å². The smallest absolute Gasteiger partial charge is 0.319 e. The summed E-state index contributed by atoms with van der Waals surface area (Å²) >= 11 is 1.26. The van der Waals surface area contributed by atoms with Crippen molar-refractivity contribution in [3.63, 3.8) is 0 Å². The van der Waals surface area contributed by atoms with Gasteiger partial charge in [0.05, 0.1) is 12.2 Å². The molecule has 1 saturated heterocycles. The molecule has 2 aromatic heterocycles. The van der Waals surface area contributed by atoms with Crippen LogP contribution in [0.15, 0.2) is 40.1 Å². The Morgan fingerprint density at radius 3 is 3.05 bits per heavy atom. The Hall–Kier alpha value is -2.28. The number of H-pyrrole nitrogens is 1. The van der Waals surface area contributed by atoms with E-state index in [1.807, 2.05) is 30.5 Å². The first-order chi connectivity index (χ1) is 10.3. The molecule has 1 aliphatic heterocycles. The van der Waals surface area contributed by atoms with Crippen molar-refractivity contribution in [1.29, 1.82) is 0 Å². The number of cyclic esters (lactones) is 1. The molecule has 0 bridgehead atoms. The maximum absolute atomic E-state index is 11.5. The Labute approximate surface area is 123 Å². The van der Waals surface area contributed by atoms with E-state index in [2.05, 4.69) is 15.2 Å². The summed E-state index contributed by atoms with van der Waals surface area (Å²) in [6, 6.07) is 7.90. The van der Waals surface area contributed by atoms with Gasteiger partial charge in [-0.15, -0.1) is 10.2 Å². The third kappa shape index (κ3) is 2.19. The van der Waals surface area contributed by atoms with Crippen LogP contribution in [0.5, 0.6) is 0 Å². The molecule has 1 unspecified atom stereocenters. The fourth-order valence-corrected chi connectivity index (χ4v) is 3.16. The van der Waals surface area contributed by atoms with Gasteiger partial charge in [0.2, 0.25) is 0 Å². The maximum Gasteiger partial charge on any atom is 0.319 e. The Morgan fingerprint density at radius 1 is 1.29 bits per heavy atom. The minimum Gasteiger partial charge on any atom is -0.465 e. The summed E-state index contributed by atoms with van der Waals surface area (Å²) in [6.45, 7) is 0.458. The Morgan fingerprint density at radius 2 is 2.19 bits per heavy atom. The fraction of sp³-hybridized carbons (Fsp3) is 0.214.